The van der Waals surface area contributed by atoms with E-state index < -0.39 is 11.6 Å². The van der Waals surface area contributed by atoms with E-state index in [4.69, 9.17) is 0 Å². The first kappa shape index (κ1) is 11.8. The van der Waals surface area contributed by atoms with Crippen LogP contribution in [-0.2, 0) is 6.42 Å². The number of rotatable bonds is 3. The number of halogens is 2. The van der Waals surface area contributed by atoms with Crippen molar-refractivity contribution in [3.63, 3.8) is 0 Å². The van der Waals surface area contributed by atoms with E-state index in [1.807, 2.05) is 0 Å². The highest BCUT2D eigenvalue weighted by atomic mass is 19.1. The molecular formula is C12H14F2N2O. The molecule has 17 heavy (non-hydrogen) atoms. The van der Waals surface area contributed by atoms with Crippen LogP contribution in [-0.4, -0.2) is 30.6 Å². The van der Waals surface area contributed by atoms with Crippen LogP contribution in [0, 0.1) is 11.6 Å². The third kappa shape index (κ3) is 3.15. The zero-order chi connectivity index (χ0) is 12.3. The minimum Gasteiger partial charge on any atom is -0.338 e. The predicted octanol–water partition coefficient (Wildman–Crippen LogP) is 1.92. The summed E-state index contributed by atoms with van der Waals surface area (Å²) in [5, 5.41) is 2.73. The van der Waals surface area contributed by atoms with E-state index in [0.717, 1.165) is 12.5 Å². The number of nitrogens with zero attached hydrogens (tertiary/aromatic N) is 1. The summed E-state index contributed by atoms with van der Waals surface area (Å²) in [6.07, 6.45) is 1.37. The van der Waals surface area contributed by atoms with Crippen molar-refractivity contribution in [2.45, 2.75) is 12.8 Å². The SMILES string of the molecule is O=C1NCCCN1CCc1cc(F)cc(F)c1. The van der Waals surface area contributed by atoms with Crippen LogP contribution in [0.25, 0.3) is 0 Å². The summed E-state index contributed by atoms with van der Waals surface area (Å²) in [5.41, 5.74) is 0.570. The van der Waals surface area contributed by atoms with Gasteiger partial charge in [-0.15, -0.1) is 0 Å². The Morgan fingerprint density at radius 2 is 1.94 bits per heavy atom. The van der Waals surface area contributed by atoms with E-state index in [1.54, 1.807) is 4.90 Å². The van der Waals surface area contributed by atoms with Gasteiger partial charge in [0.15, 0.2) is 0 Å². The summed E-state index contributed by atoms with van der Waals surface area (Å²) in [7, 11) is 0. The lowest BCUT2D eigenvalue weighted by atomic mass is 10.1. The molecule has 0 aliphatic carbocycles. The summed E-state index contributed by atoms with van der Waals surface area (Å²) >= 11 is 0. The van der Waals surface area contributed by atoms with Crippen molar-refractivity contribution in [2.24, 2.45) is 0 Å². The number of amides is 2. The number of carbonyl (C=O) groups is 1. The molecule has 0 aromatic heterocycles. The smallest absolute Gasteiger partial charge is 0.317 e. The van der Waals surface area contributed by atoms with Gasteiger partial charge in [0.1, 0.15) is 11.6 Å². The molecule has 1 aliphatic heterocycles. The van der Waals surface area contributed by atoms with Crippen molar-refractivity contribution in [3.8, 4) is 0 Å². The van der Waals surface area contributed by atoms with Gasteiger partial charge in [-0.3, -0.25) is 0 Å². The quantitative estimate of drug-likeness (QED) is 0.860. The van der Waals surface area contributed by atoms with Crippen molar-refractivity contribution >= 4 is 6.03 Å². The van der Waals surface area contributed by atoms with Gasteiger partial charge in [0.05, 0.1) is 0 Å². The summed E-state index contributed by atoms with van der Waals surface area (Å²) < 4.78 is 25.9. The predicted molar refractivity (Wildman–Crippen MR) is 59.7 cm³/mol. The molecule has 0 bridgehead atoms. The lowest BCUT2D eigenvalue weighted by molar-refractivity contribution is 0.187. The van der Waals surface area contributed by atoms with Crippen molar-refractivity contribution in [1.82, 2.24) is 10.2 Å². The third-order valence-corrected chi connectivity index (χ3v) is 2.76. The second-order valence-electron chi connectivity index (χ2n) is 4.10. The third-order valence-electron chi connectivity index (χ3n) is 2.76. The van der Waals surface area contributed by atoms with E-state index in [0.29, 0.717) is 31.6 Å². The van der Waals surface area contributed by atoms with Gasteiger partial charge >= 0.3 is 6.03 Å². The molecule has 0 atom stereocenters. The highest BCUT2D eigenvalue weighted by molar-refractivity contribution is 5.74. The zero-order valence-corrected chi connectivity index (χ0v) is 9.38. The monoisotopic (exact) mass is 240 g/mol. The number of urea groups is 1. The topological polar surface area (TPSA) is 32.3 Å². The molecule has 1 N–H and O–H groups in total. The number of hydrogen-bond donors (Lipinski definition) is 1. The second-order valence-corrected chi connectivity index (χ2v) is 4.10. The van der Waals surface area contributed by atoms with Crippen LogP contribution in [0.2, 0.25) is 0 Å². The Bertz CT molecular complexity index is 403. The van der Waals surface area contributed by atoms with Gasteiger partial charge in [-0.25, -0.2) is 13.6 Å². The van der Waals surface area contributed by atoms with Crippen LogP contribution in [0.1, 0.15) is 12.0 Å². The molecule has 92 valence electrons. The average molecular weight is 240 g/mol. The molecule has 3 nitrogen and oxygen atoms in total. The van der Waals surface area contributed by atoms with Gasteiger partial charge in [0.2, 0.25) is 0 Å². The fraction of sp³-hybridized carbons (Fsp3) is 0.417. The highest BCUT2D eigenvalue weighted by Crippen LogP contribution is 2.10. The van der Waals surface area contributed by atoms with E-state index in [1.165, 1.54) is 12.1 Å². The molecule has 1 heterocycles. The maximum Gasteiger partial charge on any atom is 0.317 e. The summed E-state index contributed by atoms with van der Waals surface area (Å²) in [6, 6.07) is 3.33. The van der Waals surface area contributed by atoms with Crippen LogP contribution in [0.15, 0.2) is 18.2 Å². The van der Waals surface area contributed by atoms with Crippen LogP contribution < -0.4 is 5.32 Å². The van der Waals surface area contributed by atoms with Crippen LogP contribution in [0.5, 0.6) is 0 Å². The Kier molecular flexibility index (Phi) is 3.56. The van der Waals surface area contributed by atoms with Gasteiger partial charge in [0, 0.05) is 25.7 Å². The van der Waals surface area contributed by atoms with Crippen molar-refractivity contribution in [3.05, 3.63) is 35.4 Å². The Balaban J connectivity index is 1.94. The molecule has 2 amide bonds. The summed E-state index contributed by atoms with van der Waals surface area (Å²) in [5.74, 6) is -1.16. The maximum absolute atomic E-state index is 12.9. The lowest BCUT2D eigenvalue weighted by Crippen LogP contribution is -2.47. The first-order chi connectivity index (χ1) is 8.15. The first-order valence-electron chi connectivity index (χ1n) is 5.63. The zero-order valence-electron chi connectivity index (χ0n) is 9.38. The molecule has 0 spiro atoms. The van der Waals surface area contributed by atoms with E-state index in [2.05, 4.69) is 5.32 Å². The second kappa shape index (κ2) is 5.12. The molecule has 0 saturated carbocycles. The van der Waals surface area contributed by atoms with Gasteiger partial charge in [-0.2, -0.15) is 0 Å². The molecule has 5 heteroatoms. The molecule has 0 unspecified atom stereocenters. The van der Waals surface area contributed by atoms with Crippen molar-refractivity contribution < 1.29 is 13.6 Å². The van der Waals surface area contributed by atoms with Gasteiger partial charge < -0.3 is 10.2 Å². The fourth-order valence-electron chi connectivity index (χ4n) is 1.91. The Labute approximate surface area is 98.4 Å². The molecule has 1 aromatic rings. The molecule has 2 rings (SSSR count). The first-order valence-corrected chi connectivity index (χ1v) is 5.63. The number of benzene rings is 1. The van der Waals surface area contributed by atoms with Gasteiger partial charge in [0.25, 0.3) is 0 Å². The minimum atomic E-state index is -0.580. The van der Waals surface area contributed by atoms with Crippen molar-refractivity contribution in [2.75, 3.05) is 19.6 Å². The number of nitrogens with one attached hydrogen (secondary N) is 1. The Hall–Kier alpha value is -1.65. The minimum absolute atomic E-state index is 0.104. The molecule has 1 fully saturated rings. The van der Waals surface area contributed by atoms with E-state index in [9.17, 15) is 13.6 Å². The van der Waals surface area contributed by atoms with Crippen molar-refractivity contribution in [1.29, 1.82) is 0 Å². The van der Waals surface area contributed by atoms with E-state index in [-0.39, 0.29) is 6.03 Å². The highest BCUT2D eigenvalue weighted by Gasteiger charge is 2.16. The number of carbonyl (C=O) groups excluding carboxylic acids is 1. The molecule has 0 radical (unpaired) electrons. The standard InChI is InChI=1S/C12H14F2N2O/c13-10-6-9(7-11(14)8-10)2-5-16-4-1-3-15-12(16)17/h6-8H,1-5H2,(H,15,17). The molecule has 1 saturated heterocycles. The lowest BCUT2D eigenvalue weighted by Gasteiger charge is -2.27. The molecule has 1 aromatic carbocycles. The molecular weight excluding hydrogens is 226 g/mol. The van der Waals surface area contributed by atoms with Gasteiger partial charge in [-0.1, -0.05) is 0 Å². The van der Waals surface area contributed by atoms with Crippen LogP contribution in [0.4, 0.5) is 13.6 Å². The normalized spacial score (nSPS) is 15.9. The van der Waals surface area contributed by atoms with Gasteiger partial charge in [-0.05, 0) is 30.5 Å². The Morgan fingerprint density at radius 1 is 1.24 bits per heavy atom. The Morgan fingerprint density at radius 3 is 2.59 bits per heavy atom. The maximum atomic E-state index is 12.9. The van der Waals surface area contributed by atoms with Crippen LogP contribution >= 0.6 is 0 Å². The summed E-state index contributed by atoms with van der Waals surface area (Å²) in [6.45, 7) is 1.88. The fourth-order valence-corrected chi connectivity index (χ4v) is 1.91. The summed E-state index contributed by atoms with van der Waals surface area (Å²) in [4.78, 5) is 13.1. The number of hydrogen-bond acceptors (Lipinski definition) is 1. The average Bonchev–Trinajstić information content (AvgIpc) is 2.27. The van der Waals surface area contributed by atoms with E-state index >= 15 is 0 Å². The largest absolute Gasteiger partial charge is 0.338 e. The van der Waals surface area contributed by atoms with Crippen LogP contribution in [0.3, 0.4) is 0 Å². The molecule has 1 aliphatic rings.